The molecule has 1 aromatic carbocycles. The summed E-state index contributed by atoms with van der Waals surface area (Å²) < 4.78 is 36.4. The van der Waals surface area contributed by atoms with E-state index in [1.807, 2.05) is 0 Å². The molecule has 0 unspecified atom stereocenters. The van der Waals surface area contributed by atoms with Crippen molar-refractivity contribution in [2.45, 2.75) is 35.4 Å². The normalized spacial score (nSPS) is 19.6. The number of thioether (sulfide) groups is 1. The molecule has 0 spiro atoms. The number of aliphatic hydroxyl groups excluding tert-OH is 1. The lowest BCUT2D eigenvalue weighted by Crippen LogP contribution is -2.27. The molecule has 1 aromatic rings. The van der Waals surface area contributed by atoms with Crippen LogP contribution in [0.5, 0.6) is 0 Å². The monoisotopic (exact) mass is 277 g/mol. The Morgan fingerprint density at radius 3 is 2.22 bits per heavy atom. The molecule has 2 rings (SSSR count). The summed E-state index contributed by atoms with van der Waals surface area (Å²) in [6.07, 6.45) is 1.33. The van der Waals surface area contributed by atoms with Gasteiger partial charge in [-0.1, -0.05) is 12.1 Å². The van der Waals surface area contributed by atoms with Gasteiger partial charge in [0.15, 0.2) is 0 Å². The van der Waals surface area contributed by atoms with Gasteiger partial charge in [0, 0.05) is 4.90 Å². The number of rotatable bonds is 4. The third-order valence-electron chi connectivity index (χ3n) is 2.97. The molecule has 0 bridgehead atoms. The molecule has 1 saturated carbocycles. The zero-order valence-electron chi connectivity index (χ0n) is 9.52. The quantitative estimate of drug-likeness (QED) is 0.831. The predicted molar refractivity (Wildman–Crippen MR) is 64.0 cm³/mol. The van der Waals surface area contributed by atoms with E-state index in [9.17, 15) is 18.3 Å². The fourth-order valence-corrected chi connectivity index (χ4v) is 2.36. The molecular formula is C12H14F3NOS. The van der Waals surface area contributed by atoms with E-state index in [1.165, 1.54) is 12.1 Å². The smallest absolute Gasteiger partial charge is 0.391 e. The molecule has 0 aromatic heterocycles. The first kappa shape index (κ1) is 13.7. The SMILES string of the molecule is N[C@H](c1ccc(SC(F)(F)F)cc1)[C@@H](O)C1CC1. The second kappa shape index (κ2) is 5.11. The zero-order valence-corrected chi connectivity index (χ0v) is 10.3. The molecule has 0 heterocycles. The van der Waals surface area contributed by atoms with Crippen LogP contribution in [0.3, 0.4) is 0 Å². The van der Waals surface area contributed by atoms with Crippen LogP contribution in [-0.4, -0.2) is 16.7 Å². The van der Waals surface area contributed by atoms with Gasteiger partial charge in [0.25, 0.3) is 0 Å². The maximum absolute atomic E-state index is 12.1. The van der Waals surface area contributed by atoms with E-state index in [2.05, 4.69) is 0 Å². The maximum atomic E-state index is 12.1. The molecule has 100 valence electrons. The number of aliphatic hydroxyl groups is 1. The summed E-state index contributed by atoms with van der Waals surface area (Å²) in [5.74, 6) is 0.240. The van der Waals surface area contributed by atoms with Crippen LogP contribution in [0.2, 0.25) is 0 Å². The van der Waals surface area contributed by atoms with Gasteiger partial charge < -0.3 is 10.8 Å². The molecule has 0 saturated heterocycles. The number of halogens is 3. The third-order valence-corrected chi connectivity index (χ3v) is 3.71. The van der Waals surface area contributed by atoms with Crippen molar-refractivity contribution in [1.29, 1.82) is 0 Å². The van der Waals surface area contributed by atoms with E-state index in [-0.39, 0.29) is 22.6 Å². The van der Waals surface area contributed by atoms with Crippen molar-refractivity contribution in [3.05, 3.63) is 29.8 Å². The molecule has 0 radical (unpaired) electrons. The van der Waals surface area contributed by atoms with Crippen molar-refractivity contribution >= 4 is 11.8 Å². The highest BCUT2D eigenvalue weighted by atomic mass is 32.2. The Hall–Kier alpha value is -0.720. The molecule has 2 nitrogen and oxygen atoms in total. The summed E-state index contributed by atoms with van der Waals surface area (Å²) in [7, 11) is 0. The standard InChI is InChI=1S/C12H14F3NOS/c13-12(14,15)18-9-5-3-7(4-6-9)10(16)11(17)8-1-2-8/h3-6,8,10-11,17H,1-2,16H2/t10-,11+/m1/s1. The fraction of sp³-hybridized carbons (Fsp3) is 0.500. The van der Waals surface area contributed by atoms with Gasteiger partial charge >= 0.3 is 5.51 Å². The summed E-state index contributed by atoms with van der Waals surface area (Å²) in [6.45, 7) is 0. The van der Waals surface area contributed by atoms with Crippen LogP contribution in [0.25, 0.3) is 0 Å². The second-order valence-corrected chi connectivity index (χ2v) is 5.61. The maximum Gasteiger partial charge on any atom is 0.446 e. The van der Waals surface area contributed by atoms with E-state index in [0.29, 0.717) is 5.56 Å². The average molecular weight is 277 g/mol. The first-order valence-electron chi connectivity index (χ1n) is 5.66. The van der Waals surface area contributed by atoms with Gasteiger partial charge in [-0.2, -0.15) is 13.2 Å². The molecule has 1 fully saturated rings. The van der Waals surface area contributed by atoms with Gasteiger partial charge in [-0.05, 0) is 48.2 Å². The van der Waals surface area contributed by atoms with Gasteiger partial charge in [-0.3, -0.25) is 0 Å². The van der Waals surface area contributed by atoms with Crippen molar-refractivity contribution < 1.29 is 18.3 Å². The summed E-state index contributed by atoms with van der Waals surface area (Å²) in [5, 5.41) is 9.86. The fourth-order valence-electron chi connectivity index (χ4n) is 1.82. The minimum Gasteiger partial charge on any atom is -0.391 e. The Balaban J connectivity index is 2.02. The molecule has 18 heavy (non-hydrogen) atoms. The molecule has 1 aliphatic rings. The molecule has 3 N–H and O–H groups in total. The van der Waals surface area contributed by atoms with E-state index in [4.69, 9.17) is 5.73 Å². The average Bonchev–Trinajstić information content (AvgIpc) is 3.10. The summed E-state index contributed by atoms with van der Waals surface area (Å²) in [6, 6.07) is 5.33. The van der Waals surface area contributed by atoms with Gasteiger partial charge in [-0.15, -0.1) is 0 Å². The van der Waals surface area contributed by atoms with Crippen LogP contribution in [0, 0.1) is 5.92 Å². The Kier molecular flexibility index (Phi) is 3.89. The minimum atomic E-state index is -4.28. The minimum absolute atomic E-state index is 0.124. The van der Waals surface area contributed by atoms with Crippen LogP contribution < -0.4 is 5.73 Å². The van der Waals surface area contributed by atoms with Gasteiger partial charge in [0.05, 0.1) is 12.1 Å². The summed E-state index contributed by atoms with van der Waals surface area (Å²) in [4.78, 5) is 0.124. The van der Waals surface area contributed by atoms with Crippen LogP contribution in [0.1, 0.15) is 24.4 Å². The lowest BCUT2D eigenvalue weighted by Gasteiger charge is -2.19. The number of hydrogen-bond acceptors (Lipinski definition) is 3. The molecule has 0 amide bonds. The zero-order chi connectivity index (χ0) is 13.3. The molecule has 6 heteroatoms. The van der Waals surface area contributed by atoms with Crippen molar-refractivity contribution in [2.75, 3.05) is 0 Å². The first-order valence-corrected chi connectivity index (χ1v) is 6.48. The topological polar surface area (TPSA) is 46.2 Å². The highest BCUT2D eigenvalue weighted by Gasteiger charge is 2.34. The van der Waals surface area contributed by atoms with Crippen LogP contribution >= 0.6 is 11.8 Å². The predicted octanol–water partition coefficient (Wildman–Crippen LogP) is 3.07. The van der Waals surface area contributed by atoms with Crippen molar-refractivity contribution in [1.82, 2.24) is 0 Å². The Morgan fingerprint density at radius 1 is 1.22 bits per heavy atom. The molecular weight excluding hydrogens is 263 g/mol. The lowest BCUT2D eigenvalue weighted by molar-refractivity contribution is -0.0328. The number of hydrogen-bond donors (Lipinski definition) is 2. The van der Waals surface area contributed by atoms with Crippen molar-refractivity contribution in [2.24, 2.45) is 11.7 Å². The molecule has 1 aliphatic carbocycles. The highest BCUT2D eigenvalue weighted by molar-refractivity contribution is 8.00. The van der Waals surface area contributed by atoms with E-state index in [0.717, 1.165) is 12.8 Å². The summed E-state index contributed by atoms with van der Waals surface area (Å²) >= 11 is -0.155. The highest BCUT2D eigenvalue weighted by Crippen LogP contribution is 2.39. The number of nitrogens with two attached hydrogens (primary N) is 1. The van der Waals surface area contributed by atoms with Gasteiger partial charge in [0.2, 0.25) is 0 Å². The largest absolute Gasteiger partial charge is 0.446 e. The Bertz CT molecular complexity index is 403. The molecule has 2 atom stereocenters. The number of benzene rings is 1. The van der Waals surface area contributed by atoms with Crippen LogP contribution in [0.15, 0.2) is 29.2 Å². The van der Waals surface area contributed by atoms with E-state index in [1.54, 1.807) is 12.1 Å². The van der Waals surface area contributed by atoms with Crippen LogP contribution in [0.4, 0.5) is 13.2 Å². The van der Waals surface area contributed by atoms with Crippen molar-refractivity contribution in [3.8, 4) is 0 Å². The molecule has 0 aliphatic heterocycles. The van der Waals surface area contributed by atoms with Crippen molar-refractivity contribution in [3.63, 3.8) is 0 Å². The van der Waals surface area contributed by atoms with E-state index >= 15 is 0 Å². The third kappa shape index (κ3) is 3.63. The lowest BCUT2D eigenvalue weighted by atomic mass is 9.99. The van der Waals surface area contributed by atoms with Crippen LogP contribution in [-0.2, 0) is 0 Å². The van der Waals surface area contributed by atoms with Gasteiger partial charge in [-0.25, -0.2) is 0 Å². The Labute approximate surface area is 107 Å². The van der Waals surface area contributed by atoms with E-state index < -0.39 is 17.7 Å². The second-order valence-electron chi connectivity index (χ2n) is 4.47. The summed E-state index contributed by atoms with van der Waals surface area (Å²) in [5.41, 5.74) is 2.26. The number of alkyl halides is 3. The first-order chi connectivity index (χ1) is 8.37. The van der Waals surface area contributed by atoms with Gasteiger partial charge in [0.1, 0.15) is 0 Å². The Morgan fingerprint density at radius 2 is 1.78 bits per heavy atom.